The Bertz CT molecular complexity index is 1510. The van der Waals surface area contributed by atoms with Crippen LogP contribution in [0.3, 0.4) is 0 Å². The van der Waals surface area contributed by atoms with Crippen molar-refractivity contribution >= 4 is 65.6 Å². The second-order valence-corrected chi connectivity index (χ2v) is 13.5. The Morgan fingerprint density at radius 2 is 1.82 bits per heavy atom. The van der Waals surface area contributed by atoms with Crippen LogP contribution < -0.4 is 14.4 Å². The highest BCUT2D eigenvalue weighted by Gasteiger charge is 2.36. The molecule has 1 aliphatic rings. The van der Waals surface area contributed by atoms with Crippen LogP contribution in [0.5, 0.6) is 11.5 Å². The molecule has 13 heteroatoms. The number of carbonyl (C=O) groups is 1. The fourth-order valence-corrected chi connectivity index (χ4v) is 8.60. The van der Waals surface area contributed by atoms with Crippen LogP contribution in [0.15, 0.2) is 52.9 Å². The van der Waals surface area contributed by atoms with E-state index in [1.165, 1.54) is 21.7 Å². The van der Waals surface area contributed by atoms with Gasteiger partial charge in [0.15, 0.2) is 5.13 Å². The van der Waals surface area contributed by atoms with Gasteiger partial charge in [-0.1, -0.05) is 29.0 Å². The lowest BCUT2D eigenvalue weighted by molar-refractivity contribution is -0.123. The van der Waals surface area contributed by atoms with Crippen molar-refractivity contribution in [2.24, 2.45) is 5.92 Å². The lowest BCUT2D eigenvalue weighted by Crippen LogP contribution is -2.44. The first-order chi connectivity index (χ1) is 18.3. The van der Waals surface area contributed by atoms with Gasteiger partial charge in [-0.25, -0.2) is 13.4 Å². The van der Waals surface area contributed by atoms with Crippen molar-refractivity contribution in [1.29, 1.82) is 0 Å². The molecule has 3 aromatic heterocycles. The maximum absolute atomic E-state index is 13.9. The molecule has 0 atom stereocenters. The molecule has 1 aromatic carbocycles. The highest BCUT2D eigenvalue weighted by Crippen LogP contribution is 2.41. The van der Waals surface area contributed by atoms with E-state index in [9.17, 15) is 13.2 Å². The van der Waals surface area contributed by atoms with Gasteiger partial charge in [0.2, 0.25) is 5.91 Å². The molecule has 0 bridgehead atoms. The van der Waals surface area contributed by atoms with Crippen molar-refractivity contribution < 1.29 is 22.7 Å². The molecule has 0 N–H and O–H groups in total. The first kappa shape index (κ1) is 26.8. The van der Waals surface area contributed by atoms with Gasteiger partial charge >= 0.3 is 0 Å². The number of thiazole rings is 1. The van der Waals surface area contributed by atoms with Gasteiger partial charge in [-0.2, -0.15) is 4.31 Å². The number of sulfonamides is 1. The summed E-state index contributed by atoms with van der Waals surface area (Å²) in [4.78, 5) is 24.8. The van der Waals surface area contributed by atoms with E-state index in [2.05, 4.69) is 4.98 Å². The Kier molecular flexibility index (Phi) is 7.87. The van der Waals surface area contributed by atoms with Gasteiger partial charge in [-0.15, -0.1) is 11.3 Å². The number of hydrogen-bond donors (Lipinski definition) is 0. The van der Waals surface area contributed by atoms with Gasteiger partial charge in [-0.3, -0.25) is 14.7 Å². The maximum Gasteiger partial charge on any atom is 0.252 e. The summed E-state index contributed by atoms with van der Waals surface area (Å²) in [6.07, 6.45) is 2.48. The van der Waals surface area contributed by atoms with E-state index in [-0.39, 0.29) is 35.7 Å². The molecule has 1 saturated heterocycles. The van der Waals surface area contributed by atoms with Crippen LogP contribution in [0.25, 0.3) is 10.2 Å². The molecule has 0 aliphatic carbocycles. The van der Waals surface area contributed by atoms with Crippen LogP contribution in [-0.4, -0.2) is 55.9 Å². The highest BCUT2D eigenvalue weighted by atomic mass is 35.5. The Morgan fingerprint density at radius 3 is 2.45 bits per heavy atom. The van der Waals surface area contributed by atoms with Crippen LogP contribution >= 0.6 is 34.3 Å². The first-order valence-corrected chi connectivity index (χ1v) is 15.2. The molecule has 0 saturated carbocycles. The van der Waals surface area contributed by atoms with Gasteiger partial charge in [0.05, 0.1) is 30.8 Å². The van der Waals surface area contributed by atoms with Gasteiger partial charge < -0.3 is 9.47 Å². The largest absolute Gasteiger partial charge is 0.495 e. The molecule has 0 unspecified atom stereocenters. The Hall–Kier alpha value is -2.77. The van der Waals surface area contributed by atoms with Crippen molar-refractivity contribution in [2.75, 3.05) is 32.2 Å². The van der Waals surface area contributed by atoms with Crippen molar-refractivity contribution in [1.82, 2.24) is 14.3 Å². The Morgan fingerprint density at radius 1 is 1.08 bits per heavy atom. The number of carbonyl (C=O) groups excluding carboxylic acids is 1. The van der Waals surface area contributed by atoms with Crippen molar-refractivity contribution in [3.8, 4) is 11.5 Å². The lowest BCUT2D eigenvalue weighted by atomic mass is 9.96. The third kappa shape index (κ3) is 5.23. The number of ether oxygens (including phenoxy) is 2. The normalized spacial score (nSPS) is 15.0. The van der Waals surface area contributed by atoms with Crippen molar-refractivity contribution in [3.05, 3.63) is 58.7 Å². The number of fused-ring (bicyclic) bond motifs is 1. The van der Waals surface area contributed by atoms with Gasteiger partial charge in [-0.05, 0) is 49.2 Å². The standard InChI is InChI=1S/C25H25ClN4O5S3/c1-34-18-6-7-19(35-2)23-22(18)28-25(37-23)30(15-17-5-3-4-12-27-17)24(31)16-10-13-29(14-11-16)38(32,33)21-9-8-20(26)36-21/h3-9,12,16H,10-11,13-15H2,1-2H3. The summed E-state index contributed by atoms with van der Waals surface area (Å²) in [6.45, 7) is 0.719. The molecular weight excluding hydrogens is 568 g/mol. The molecule has 9 nitrogen and oxygen atoms in total. The third-order valence-corrected chi connectivity index (χ3v) is 11.1. The predicted octanol–water partition coefficient (Wildman–Crippen LogP) is 5.06. The van der Waals surface area contributed by atoms with E-state index in [1.54, 1.807) is 37.4 Å². The van der Waals surface area contributed by atoms with E-state index >= 15 is 0 Å². The number of piperidine rings is 1. The number of aromatic nitrogens is 2. The summed E-state index contributed by atoms with van der Waals surface area (Å²) in [7, 11) is -0.490. The molecule has 1 aliphatic heterocycles. The number of hydrogen-bond acceptors (Lipinski definition) is 9. The smallest absolute Gasteiger partial charge is 0.252 e. The molecule has 0 spiro atoms. The summed E-state index contributed by atoms with van der Waals surface area (Å²) in [5.74, 6) is 0.736. The zero-order chi connectivity index (χ0) is 26.9. The average molecular weight is 593 g/mol. The van der Waals surface area contributed by atoms with Gasteiger partial charge in [0.1, 0.15) is 25.9 Å². The molecule has 4 heterocycles. The highest BCUT2D eigenvalue weighted by molar-refractivity contribution is 7.91. The zero-order valence-corrected chi connectivity index (χ0v) is 23.9. The summed E-state index contributed by atoms with van der Waals surface area (Å²) in [5.41, 5.74) is 1.33. The van der Waals surface area contributed by atoms with Crippen LogP contribution in [0.4, 0.5) is 5.13 Å². The number of anilines is 1. The average Bonchev–Trinajstić information content (AvgIpc) is 3.59. The fourth-order valence-electron chi connectivity index (χ4n) is 4.41. The summed E-state index contributed by atoms with van der Waals surface area (Å²) < 4.78 is 39.9. The second-order valence-electron chi connectivity index (χ2n) is 8.63. The number of nitrogens with zero attached hydrogens (tertiary/aromatic N) is 4. The minimum atomic E-state index is -3.65. The monoisotopic (exact) mass is 592 g/mol. The molecule has 0 radical (unpaired) electrons. The SMILES string of the molecule is COc1ccc(OC)c2sc(N(Cc3ccccn3)C(=O)C3CCN(S(=O)(=O)c4ccc(Cl)s4)CC3)nc12. The van der Waals surface area contributed by atoms with E-state index in [0.29, 0.717) is 45.0 Å². The molecule has 5 rings (SSSR count). The van der Waals surface area contributed by atoms with Crippen molar-refractivity contribution in [3.63, 3.8) is 0 Å². The Labute approximate surface area is 233 Å². The summed E-state index contributed by atoms with van der Waals surface area (Å²) >= 11 is 8.34. The predicted molar refractivity (Wildman–Crippen MR) is 149 cm³/mol. The molecule has 200 valence electrons. The number of benzene rings is 1. The summed E-state index contributed by atoms with van der Waals surface area (Å²) in [5, 5.41) is 0.502. The molecule has 4 aromatic rings. The van der Waals surface area contributed by atoms with Crippen LogP contribution in [-0.2, 0) is 21.4 Å². The van der Waals surface area contributed by atoms with Crippen LogP contribution in [0.2, 0.25) is 4.34 Å². The Balaban J connectivity index is 1.43. The topological polar surface area (TPSA) is 102 Å². The van der Waals surface area contributed by atoms with Gasteiger partial charge in [0, 0.05) is 25.2 Å². The maximum atomic E-state index is 13.9. The number of methoxy groups -OCH3 is 2. The second kappa shape index (κ2) is 11.1. The van der Waals surface area contributed by atoms with E-state index in [4.69, 9.17) is 26.1 Å². The number of amides is 1. The van der Waals surface area contributed by atoms with Crippen LogP contribution in [0.1, 0.15) is 18.5 Å². The van der Waals surface area contributed by atoms with Crippen molar-refractivity contribution in [2.45, 2.75) is 23.6 Å². The molecule has 38 heavy (non-hydrogen) atoms. The van der Waals surface area contributed by atoms with E-state index in [0.717, 1.165) is 16.0 Å². The van der Waals surface area contributed by atoms with E-state index in [1.807, 2.05) is 24.3 Å². The minimum Gasteiger partial charge on any atom is -0.495 e. The lowest BCUT2D eigenvalue weighted by Gasteiger charge is -2.32. The number of pyridine rings is 1. The quantitative estimate of drug-likeness (QED) is 0.282. The first-order valence-electron chi connectivity index (χ1n) is 11.8. The van der Waals surface area contributed by atoms with Crippen LogP contribution in [0, 0.1) is 5.92 Å². The number of thiophene rings is 1. The summed E-state index contributed by atoms with van der Waals surface area (Å²) in [6, 6.07) is 12.2. The number of rotatable bonds is 8. The zero-order valence-electron chi connectivity index (χ0n) is 20.7. The molecule has 1 amide bonds. The van der Waals surface area contributed by atoms with E-state index < -0.39 is 10.0 Å². The van der Waals surface area contributed by atoms with Gasteiger partial charge in [0.25, 0.3) is 10.0 Å². The minimum absolute atomic E-state index is 0.121. The fraction of sp³-hybridized carbons (Fsp3) is 0.320. The molecule has 1 fully saturated rings. The number of halogens is 1. The molecular formula is C25H25ClN4O5S3. The third-order valence-electron chi connectivity index (χ3n) is 6.39.